The molecule has 0 aliphatic heterocycles. The fraction of sp³-hybridized carbons (Fsp3) is 0.312. The van der Waals surface area contributed by atoms with Gasteiger partial charge in [-0.3, -0.25) is 9.69 Å². The Balaban J connectivity index is 1.97. The average molecular weight is 341 g/mol. The van der Waals surface area contributed by atoms with E-state index in [1.54, 1.807) is 24.5 Å². The standard InChI is InChI=1S/C16H18Cl2N2O2/c1-20(2)14(15-7-4-8-22-15)10-19-16(21)9-11-12(17)5-3-6-13(11)18/h3-8,14H,9-10H2,1-2H3,(H,19,21)/t14-/m0/s1. The lowest BCUT2D eigenvalue weighted by atomic mass is 10.1. The van der Waals surface area contributed by atoms with E-state index in [0.29, 0.717) is 22.2 Å². The maximum atomic E-state index is 12.1. The first-order valence-electron chi connectivity index (χ1n) is 6.88. The molecule has 0 radical (unpaired) electrons. The van der Waals surface area contributed by atoms with Crippen LogP contribution in [-0.4, -0.2) is 31.4 Å². The van der Waals surface area contributed by atoms with Crippen LogP contribution in [0.5, 0.6) is 0 Å². The summed E-state index contributed by atoms with van der Waals surface area (Å²) in [5.41, 5.74) is 0.641. The minimum atomic E-state index is -0.131. The van der Waals surface area contributed by atoms with E-state index in [2.05, 4.69) is 5.32 Å². The quantitative estimate of drug-likeness (QED) is 0.874. The van der Waals surface area contributed by atoms with Gasteiger partial charge in [-0.05, 0) is 43.9 Å². The van der Waals surface area contributed by atoms with E-state index >= 15 is 0 Å². The summed E-state index contributed by atoms with van der Waals surface area (Å²) in [6, 6.07) is 8.90. The van der Waals surface area contributed by atoms with Gasteiger partial charge in [-0.15, -0.1) is 0 Å². The zero-order valence-electron chi connectivity index (χ0n) is 12.5. The van der Waals surface area contributed by atoms with Crippen LogP contribution in [0.1, 0.15) is 17.4 Å². The Morgan fingerprint density at radius 2 is 1.91 bits per heavy atom. The van der Waals surface area contributed by atoms with Crippen LogP contribution in [0.25, 0.3) is 0 Å². The van der Waals surface area contributed by atoms with Gasteiger partial charge in [-0.2, -0.15) is 0 Å². The fourth-order valence-electron chi connectivity index (χ4n) is 2.15. The molecule has 0 aliphatic rings. The van der Waals surface area contributed by atoms with Crippen molar-refractivity contribution in [3.05, 3.63) is 58.0 Å². The van der Waals surface area contributed by atoms with Crippen molar-refractivity contribution in [2.24, 2.45) is 0 Å². The number of halogens is 2. The van der Waals surface area contributed by atoms with Gasteiger partial charge >= 0.3 is 0 Å². The number of furan rings is 1. The number of hydrogen-bond acceptors (Lipinski definition) is 3. The highest BCUT2D eigenvalue weighted by Crippen LogP contribution is 2.24. The smallest absolute Gasteiger partial charge is 0.224 e. The predicted molar refractivity (Wildman–Crippen MR) is 88.3 cm³/mol. The van der Waals surface area contributed by atoms with Gasteiger partial charge in [0.1, 0.15) is 5.76 Å². The molecule has 6 heteroatoms. The molecule has 0 spiro atoms. The molecule has 1 atom stereocenters. The molecule has 1 amide bonds. The van der Waals surface area contributed by atoms with Crippen LogP contribution in [-0.2, 0) is 11.2 Å². The molecular formula is C16H18Cl2N2O2. The molecule has 1 aromatic carbocycles. The molecule has 22 heavy (non-hydrogen) atoms. The molecule has 118 valence electrons. The van der Waals surface area contributed by atoms with Crippen LogP contribution in [0.15, 0.2) is 41.0 Å². The Bertz CT molecular complexity index is 607. The Kier molecular flexibility index (Phi) is 5.89. The predicted octanol–water partition coefficient (Wildman–Crippen LogP) is 3.55. The normalized spacial score (nSPS) is 12.4. The van der Waals surface area contributed by atoms with Crippen molar-refractivity contribution >= 4 is 29.1 Å². The zero-order chi connectivity index (χ0) is 16.1. The summed E-state index contributed by atoms with van der Waals surface area (Å²) in [5, 5.41) is 3.89. The number of rotatable bonds is 6. The molecule has 0 fully saturated rings. The van der Waals surface area contributed by atoms with E-state index in [4.69, 9.17) is 27.6 Å². The van der Waals surface area contributed by atoms with E-state index in [-0.39, 0.29) is 18.4 Å². The lowest BCUT2D eigenvalue weighted by Crippen LogP contribution is -2.35. The molecule has 0 saturated carbocycles. The Morgan fingerprint density at radius 3 is 2.45 bits per heavy atom. The van der Waals surface area contributed by atoms with Crippen molar-refractivity contribution in [3.63, 3.8) is 0 Å². The maximum absolute atomic E-state index is 12.1. The third-order valence-electron chi connectivity index (χ3n) is 3.39. The maximum Gasteiger partial charge on any atom is 0.224 e. The molecule has 2 rings (SSSR count). The van der Waals surface area contributed by atoms with Gasteiger partial charge in [-0.1, -0.05) is 29.3 Å². The molecule has 1 heterocycles. The Morgan fingerprint density at radius 1 is 1.23 bits per heavy atom. The van der Waals surface area contributed by atoms with Crippen LogP contribution in [0.2, 0.25) is 10.0 Å². The summed E-state index contributed by atoms with van der Waals surface area (Å²) in [4.78, 5) is 14.1. The van der Waals surface area contributed by atoms with Gasteiger partial charge in [-0.25, -0.2) is 0 Å². The molecule has 1 N–H and O–H groups in total. The number of nitrogens with one attached hydrogen (secondary N) is 1. The number of likely N-dealkylation sites (N-methyl/N-ethyl adjacent to an activating group) is 1. The highest BCUT2D eigenvalue weighted by atomic mass is 35.5. The topological polar surface area (TPSA) is 45.5 Å². The largest absolute Gasteiger partial charge is 0.468 e. The van der Waals surface area contributed by atoms with Crippen LogP contribution in [0.4, 0.5) is 0 Å². The highest BCUT2D eigenvalue weighted by molar-refractivity contribution is 6.36. The van der Waals surface area contributed by atoms with Gasteiger partial charge in [0.15, 0.2) is 0 Å². The molecule has 0 aliphatic carbocycles. The molecule has 2 aromatic rings. The van der Waals surface area contributed by atoms with Crippen molar-refractivity contribution < 1.29 is 9.21 Å². The van der Waals surface area contributed by atoms with Crippen molar-refractivity contribution in [1.82, 2.24) is 10.2 Å². The third-order valence-corrected chi connectivity index (χ3v) is 4.09. The van der Waals surface area contributed by atoms with Crippen molar-refractivity contribution in [2.45, 2.75) is 12.5 Å². The molecule has 1 aromatic heterocycles. The van der Waals surface area contributed by atoms with E-state index in [1.807, 2.05) is 31.1 Å². The SMILES string of the molecule is CN(C)[C@@H](CNC(=O)Cc1c(Cl)cccc1Cl)c1ccco1. The second-order valence-corrected chi connectivity index (χ2v) is 5.99. The third kappa shape index (κ3) is 4.26. The van der Waals surface area contributed by atoms with Crippen LogP contribution >= 0.6 is 23.2 Å². The summed E-state index contributed by atoms with van der Waals surface area (Å²) in [6.45, 7) is 0.446. The number of nitrogens with zero attached hydrogens (tertiary/aromatic N) is 1. The first-order valence-corrected chi connectivity index (χ1v) is 7.64. The summed E-state index contributed by atoms with van der Waals surface area (Å²) in [5.74, 6) is 0.675. The van der Waals surface area contributed by atoms with Crippen molar-refractivity contribution in [2.75, 3.05) is 20.6 Å². The Labute approximate surface area is 140 Å². The number of hydrogen-bond donors (Lipinski definition) is 1. The van der Waals surface area contributed by atoms with E-state index in [9.17, 15) is 4.79 Å². The molecule has 0 unspecified atom stereocenters. The summed E-state index contributed by atoms with van der Waals surface area (Å²) >= 11 is 12.2. The number of benzene rings is 1. The number of amides is 1. The average Bonchev–Trinajstić information content (AvgIpc) is 2.97. The van der Waals surface area contributed by atoms with E-state index < -0.39 is 0 Å². The molecular weight excluding hydrogens is 323 g/mol. The van der Waals surface area contributed by atoms with Crippen molar-refractivity contribution in [3.8, 4) is 0 Å². The summed E-state index contributed by atoms with van der Waals surface area (Å²) in [6.07, 6.45) is 1.77. The van der Waals surface area contributed by atoms with Gasteiger partial charge in [0, 0.05) is 16.6 Å². The van der Waals surface area contributed by atoms with E-state index in [1.165, 1.54) is 0 Å². The van der Waals surface area contributed by atoms with Gasteiger partial charge in [0.25, 0.3) is 0 Å². The minimum Gasteiger partial charge on any atom is -0.468 e. The van der Waals surface area contributed by atoms with Crippen LogP contribution in [0.3, 0.4) is 0 Å². The second-order valence-electron chi connectivity index (χ2n) is 5.18. The highest BCUT2D eigenvalue weighted by Gasteiger charge is 2.18. The lowest BCUT2D eigenvalue weighted by molar-refractivity contribution is -0.120. The lowest BCUT2D eigenvalue weighted by Gasteiger charge is -2.22. The first kappa shape index (κ1) is 16.9. The molecule has 0 bridgehead atoms. The first-order chi connectivity index (χ1) is 10.5. The van der Waals surface area contributed by atoms with Gasteiger partial charge in [0.05, 0.1) is 18.7 Å². The number of carbonyl (C=O) groups is 1. The van der Waals surface area contributed by atoms with Crippen molar-refractivity contribution in [1.29, 1.82) is 0 Å². The Hall–Kier alpha value is -1.49. The van der Waals surface area contributed by atoms with Crippen LogP contribution in [0, 0.1) is 0 Å². The van der Waals surface area contributed by atoms with Crippen LogP contribution < -0.4 is 5.32 Å². The second kappa shape index (κ2) is 7.68. The van der Waals surface area contributed by atoms with E-state index in [0.717, 1.165) is 5.76 Å². The zero-order valence-corrected chi connectivity index (χ0v) is 14.0. The van der Waals surface area contributed by atoms with Gasteiger partial charge in [0.2, 0.25) is 5.91 Å². The minimum absolute atomic E-state index is 0.0272. The van der Waals surface area contributed by atoms with Gasteiger partial charge < -0.3 is 9.73 Å². The molecule has 4 nitrogen and oxygen atoms in total. The summed E-state index contributed by atoms with van der Waals surface area (Å²) < 4.78 is 5.41. The molecule has 0 saturated heterocycles. The fourth-order valence-corrected chi connectivity index (χ4v) is 2.68. The number of carbonyl (C=O) groups excluding carboxylic acids is 1. The summed E-state index contributed by atoms with van der Waals surface area (Å²) in [7, 11) is 3.87. The monoisotopic (exact) mass is 340 g/mol.